The van der Waals surface area contributed by atoms with Crippen molar-refractivity contribution < 1.29 is 29.1 Å². The smallest absolute Gasteiger partial charge is 0.405 e. The van der Waals surface area contributed by atoms with Gasteiger partial charge in [0.15, 0.2) is 0 Å². The largest absolute Gasteiger partial charge is 0.465 e. The molecule has 0 saturated carbocycles. The summed E-state index contributed by atoms with van der Waals surface area (Å²) >= 11 is 0. The van der Waals surface area contributed by atoms with Crippen LogP contribution in [0, 0.1) is 17.8 Å². The fourth-order valence-electron chi connectivity index (χ4n) is 2.83. The van der Waals surface area contributed by atoms with Crippen molar-refractivity contribution in [3.8, 4) is 0 Å². The highest BCUT2D eigenvalue weighted by molar-refractivity contribution is 5.90. The minimum absolute atomic E-state index is 0.0730. The average molecular weight is 472 g/mol. The van der Waals surface area contributed by atoms with Crippen LogP contribution < -0.4 is 21.3 Å². The molecule has 0 rings (SSSR count). The van der Waals surface area contributed by atoms with Gasteiger partial charge in [0.25, 0.3) is 0 Å². The first-order valence-electron chi connectivity index (χ1n) is 11.3. The van der Waals surface area contributed by atoms with Gasteiger partial charge < -0.3 is 31.3 Å². The van der Waals surface area contributed by atoms with Crippen LogP contribution >= 0.6 is 0 Å². The van der Waals surface area contributed by atoms with E-state index in [9.17, 15) is 24.0 Å². The minimum atomic E-state index is -1.40. The number of amides is 5. The van der Waals surface area contributed by atoms with E-state index in [4.69, 9.17) is 5.11 Å². The fourth-order valence-corrected chi connectivity index (χ4v) is 2.83. The van der Waals surface area contributed by atoms with E-state index in [2.05, 4.69) is 16.0 Å². The second-order valence-corrected chi connectivity index (χ2v) is 9.20. The lowest BCUT2D eigenvalue weighted by molar-refractivity contribution is -0.133. The highest BCUT2D eigenvalue weighted by Gasteiger charge is 2.27. The van der Waals surface area contributed by atoms with E-state index in [1.54, 1.807) is 6.92 Å². The van der Waals surface area contributed by atoms with Gasteiger partial charge in [0.2, 0.25) is 23.6 Å². The van der Waals surface area contributed by atoms with Crippen molar-refractivity contribution in [1.29, 1.82) is 0 Å². The van der Waals surface area contributed by atoms with Crippen LogP contribution in [0.4, 0.5) is 4.79 Å². The van der Waals surface area contributed by atoms with Gasteiger partial charge in [-0.3, -0.25) is 19.2 Å². The third-order valence-electron chi connectivity index (χ3n) is 4.98. The zero-order chi connectivity index (χ0) is 25.7. The van der Waals surface area contributed by atoms with Crippen molar-refractivity contribution in [1.82, 2.24) is 26.2 Å². The summed E-state index contributed by atoms with van der Waals surface area (Å²) in [7, 11) is 3.03. The molecule has 0 heterocycles. The average Bonchev–Trinajstić information content (AvgIpc) is 2.71. The van der Waals surface area contributed by atoms with Crippen molar-refractivity contribution in [2.75, 3.05) is 27.2 Å². The zero-order valence-electron chi connectivity index (χ0n) is 20.9. The Kier molecular flexibility index (Phi) is 13.8. The SMILES string of the molecule is CC(C)CNC(=O)C(NC(=O)C(C)CCCNC(=O)C(CC(=O)N(C)C)NC(=O)O)C(C)C. The van der Waals surface area contributed by atoms with Crippen LogP contribution in [0.5, 0.6) is 0 Å². The molecule has 5 N–H and O–H groups in total. The summed E-state index contributed by atoms with van der Waals surface area (Å²) in [6, 6.07) is -1.83. The normalized spacial score (nSPS) is 13.6. The third kappa shape index (κ3) is 12.7. The van der Waals surface area contributed by atoms with Crippen molar-refractivity contribution in [3.05, 3.63) is 0 Å². The van der Waals surface area contributed by atoms with E-state index in [0.29, 0.717) is 25.3 Å². The van der Waals surface area contributed by atoms with E-state index in [0.717, 1.165) is 0 Å². The Morgan fingerprint density at radius 1 is 0.848 bits per heavy atom. The molecular formula is C22H41N5O6. The van der Waals surface area contributed by atoms with Gasteiger partial charge in [-0.25, -0.2) is 4.79 Å². The monoisotopic (exact) mass is 471 g/mol. The topological polar surface area (TPSA) is 157 Å². The molecular weight excluding hydrogens is 430 g/mol. The molecule has 0 bridgehead atoms. The molecule has 0 aliphatic rings. The molecule has 0 aromatic heterocycles. The van der Waals surface area contributed by atoms with Crippen LogP contribution in [-0.2, 0) is 19.2 Å². The molecule has 5 amide bonds. The zero-order valence-corrected chi connectivity index (χ0v) is 20.9. The Labute approximate surface area is 196 Å². The molecule has 0 fully saturated rings. The first kappa shape index (κ1) is 30.1. The van der Waals surface area contributed by atoms with E-state index in [1.807, 2.05) is 33.0 Å². The van der Waals surface area contributed by atoms with Gasteiger partial charge in [-0.2, -0.15) is 0 Å². The molecule has 0 saturated heterocycles. The number of carbonyl (C=O) groups excluding carboxylic acids is 4. The van der Waals surface area contributed by atoms with Gasteiger partial charge in [-0.1, -0.05) is 34.6 Å². The van der Waals surface area contributed by atoms with Crippen molar-refractivity contribution in [2.45, 2.75) is 66.0 Å². The maximum atomic E-state index is 12.5. The Hall–Kier alpha value is -2.85. The van der Waals surface area contributed by atoms with Gasteiger partial charge in [-0.15, -0.1) is 0 Å². The third-order valence-corrected chi connectivity index (χ3v) is 4.98. The van der Waals surface area contributed by atoms with Crippen molar-refractivity contribution in [2.24, 2.45) is 17.8 Å². The maximum Gasteiger partial charge on any atom is 0.405 e. The highest BCUT2D eigenvalue weighted by Crippen LogP contribution is 2.09. The molecule has 33 heavy (non-hydrogen) atoms. The summed E-state index contributed by atoms with van der Waals surface area (Å²) < 4.78 is 0. The molecule has 0 aliphatic carbocycles. The number of carboxylic acid groups (broad SMARTS) is 1. The molecule has 11 heteroatoms. The standard InChI is InChI=1S/C22H41N5O6/c1-13(2)12-24-21(31)18(14(3)4)26-19(29)15(5)9-8-10-23-20(30)16(25-22(32)33)11-17(28)27(6)7/h13-16,18,25H,8-12H2,1-7H3,(H,23,30)(H,24,31)(H,26,29)(H,32,33). The van der Waals surface area contributed by atoms with Crippen LogP contribution in [0.25, 0.3) is 0 Å². The summed E-state index contributed by atoms with van der Waals surface area (Å²) in [5, 5.41) is 19.2. The molecule has 11 nitrogen and oxygen atoms in total. The van der Waals surface area contributed by atoms with Gasteiger partial charge >= 0.3 is 6.09 Å². The Morgan fingerprint density at radius 2 is 1.45 bits per heavy atom. The number of nitrogens with one attached hydrogen (secondary N) is 4. The summed E-state index contributed by atoms with van der Waals surface area (Å²) in [6.07, 6.45) is -0.769. The number of carbonyl (C=O) groups is 5. The second-order valence-electron chi connectivity index (χ2n) is 9.20. The first-order valence-corrected chi connectivity index (χ1v) is 11.3. The molecule has 0 radical (unpaired) electrons. The Bertz CT molecular complexity index is 680. The lowest BCUT2D eigenvalue weighted by Crippen LogP contribution is -2.51. The minimum Gasteiger partial charge on any atom is -0.465 e. The molecule has 0 aromatic rings. The molecule has 0 aliphatic heterocycles. The quantitative estimate of drug-likeness (QED) is 0.233. The van der Waals surface area contributed by atoms with Crippen LogP contribution in [0.2, 0.25) is 0 Å². The predicted octanol–water partition coefficient (Wildman–Crippen LogP) is 0.546. The molecule has 190 valence electrons. The summed E-state index contributed by atoms with van der Waals surface area (Å²) in [4.78, 5) is 61.3. The number of rotatable bonds is 14. The van der Waals surface area contributed by atoms with Gasteiger partial charge in [0.1, 0.15) is 12.1 Å². The summed E-state index contributed by atoms with van der Waals surface area (Å²) in [6.45, 7) is 10.2. The van der Waals surface area contributed by atoms with Gasteiger partial charge in [0.05, 0.1) is 6.42 Å². The van der Waals surface area contributed by atoms with Crippen molar-refractivity contribution >= 4 is 29.7 Å². The number of hydrogen-bond acceptors (Lipinski definition) is 5. The molecule has 3 unspecified atom stereocenters. The highest BCUT2D eigenvalue weighted by atomic mass is 16.4. The summed E-state index contributed by atoms with van der Waals surface area (Å²) in [5.74, 6) is -1.60. The van der Waals surface area contributed by atoms with Crippen LogP contribution in [-0.4, -0.2) is 79.0 Å². The van der Waals surface area contributed by atoms with Gasteiger partial charge in [0, 0.05) is 33.1 Å². The van der Waals surface area contributed by atoms with Gasteiger partial charge in [-0.05, 0) is 24.7 Å². The number of hydrogen-bond donors (Lipinski definition) is 5. The number of nitrogens with zero attached hydrogens (tertiary/aromatic N) is 1. The maximum absolute atomic E-state index is 12.5. The first-order chi connectivity index (χ1) is 15.3. The molecule has 0 spiro atoms. The van der Waals surface area contributed by atoms with E-state index >= 15 is 0 Å². The van der Waals surface area contributed by atoms with Crippen LogP contribution in [0.3, 0.4) is 0 Å². The van der Waals surface area contributed by atoms with Crippen molar-refractivity contribution in [3.63, 3.8) is 0 Å². The fraction of sp³-hybridized carbons (Fsp3) is 0.773. The van der Waals surface area contributed by atoms with E-state index < -0.39 is 24.1 Å². The molecule has 3 atom stereocenters. The van der Waals surface area contributed by atoms with Crippen LogP contribution in [0.1, 0.15) is 53.9 Å². The lowest BCUT2D eigenvalue weighted by atomic mass is 10.00. The second kappa shape index (κ2) is 15.1. The summed E-state index contributed by atoms with van der Waals surface area (Å²) in [5.41, 5.74) is 0. The Morgan fingerprint density at radius 3 is 1.94 bits per heavy atom. The van der Waals surface area contributed by atoms with E-state index in [1.165, 1.54) is 19.0 Å². The van der Waals surface area contributed by atoms with Crippen LogP contribution in [0.15, 0.2) is 0 Å². The Balaban J connectivity index is 4.63. The molecule has 0 aromatic carbocycles. The lowest BCUT2D eigenvalue weighted by Gasteiger charge is -2.24. The van der Waals surface area contributed by atoms with E-state index in [-0.39, 0.29) is 42.5 Å². The predicted molar refractivity (Wildman–Crippen MR) is 124 cm³/mol.